The fourth-order valence-corrected chi connectivity index (χ4v) is 2.96. The quantitative estimate of drug-likeness (QED) is 0.587. The largest absolute Gasteiger partial charge is 0.494 e. The van der Waals surface area contributed by atoms with Gasteiger partial charge in [0.25, 0.3) is 5.91 Å². The van der Waals surface area contributed by atoms with Gasteiger partial charge in [0.05, 0.1) is 6.61 Å². The van der Waals surface area contributed by atoms with E-state index in [0.717, 1.165) is 31.6 Å². The number of nitrogens with one attached hydrogen (secondary N) is 1. The third-order valence-electron chi connectivity index (χ3n) is 4.22. The van der Waals surface area contributed by atoms with E-state index >= 15 is 0 Å². The Hall–Kier alpha value is -2.52. The number of hydrogen-bond donors (Lipinski definition) is 2. The first-order chi connectivity index (χ1) is 12.2. The zero-order chi connectivity index (χ0) is 18.1. The Kier molecular flexibility index (Phi) is 7.30. The first kappa shape index (κ1) is 18.8. The molecule has 1 aliphatic rings. The van der Waals surface area contributed by atoms with Crippen LogP contribution in [0, 0.1) is 11.3 Å². The summed E-state index contributed by atoms with van der Waals surface area (Å²) in [5.41, 5.74) is 0.680. The molecule has 1 fully saturated rings. The van der Waals surface area contributed by atoms with E-state index < -0.39 is 5.91 Å². The lowest BCUT2D eigenvalue weighted by atomic mass is 10.00. The van der Waals surface area contributed by atoms with Gasteiger partial charge in [-0.25, -0.2) is 0 Å². The summed E-state index contributed by atoms with van der Waals surface area (Å²) in [6, 6.07) is 9.20. The maximum absolute atomic E-state index is 12.4. The van der Waals surface area contributed by atoms with Gasteiger partial charge in [0.2, 0.25) is 0 Å². The molecule has 1 aromatic rings. The monoisotopic (exact) mass is 343 g/mol. The molecule has 25 heavy (non-hydrogen) atoms. The van der Waals surface area contributed by atoms with Crippen LogP contribution in [0.25, 0.3) is 0 Å². The number of carbonyl (C=O) groups excluding carboxylic acids is 1. The van der Waals surface area contributed by atoms with Crippen molar-refractivity contribution in [1.29, 1.82) is 5.26 Å². The van der Waals surface area contributed by atoms with E-state index in [1.165, 1.54) is 0 Å². The SMILES string of the molecule is CCOc1ccc(NC(=O)/C(C#N)=C\N2CCCCC2CCO)cc1. The number of anilines is 1. The second-order valence-corrected chi connectivity index (χ2v) is 5.97. The smallest absolute Gasteiger partial charge is 0.267 e. The van der Waals surface area contributed by atoms with Crippen LogP contribution in [0.2, 0.25) is 0 Å². The van der Waals surface area contributed by atoms with Crippen LogP contribution in [-0.2, 0) is 4.79 Å². The number of piperidine rings is 1. The molecule has 1 atom stereocenters. The lowest BCUT2D eigenvalue weighted by Gasteiger charge is -2.34. The first-order valence-corrected chi connectivity index (χ1v) is 8.70. The minimum Gasteiger partial charge on any atom is -0.494 e. The molecule has 2 rings (SSSR count). The number of carbonyl (C=O) groups is 1. The molecule has 134 valence electrons. The molecule has 2 N–H and O–H groups in total. The molecule has 0 spiro atoms. The average molecular weight is 343 g/mol. The molecule has 0 aromatic heterocycles. The highest BCUT2D eigenvalue weighted by Gasteiger charge is 2.21. The number of likely N-dealkylation sites (tertiary alicyclic amines) is 1. The highest BCUT2D eigenvalue weighted by molar-refractivity contribution is 6.06. The molecule has 1 heterocycles. The van der Waals surface area contributed by atoms with Crippen LogP contribution < -0.4 is 10.1 Å². The maximum atomic E-state index is 12.4. The number of nitrogens with zero attached hydrogens (tertiary/aromatic N) is 2. The predicted molar refractivity (Wildman–Crippen MR) is 96.0 cm³/mol. The van der Waals surface area contributed by atoms with Gasteiger partial charge in [0, 0.05) is 31.1 Å². The van der Waals surface area contributed by atoms with Gasteiger partial charge in [-0.15, -0.1) is 0 Å². The standard InChI is InChI=1S/C19H25N3O3/c1-2-25-18-8-6-16(7-9-18)21-19(24)15(13-20)14-22-11-4-3-5-17(22)10-12-23/h6-9,14,17,23H,2-5,10-12H2,1H3,(H,21,24)/b15-14-. The van der Waals surface area contributed by atoms with Crippen molar-refractivity contribution >= 4 is 11.6 Å². The van der Waals surface area contributed by atoms with E-state index in [1.807, 2.05) is 17.9 Å². The summed E-state index contributed by atoms with van der Waals surface area (Å²) in [6.45, 7) is 3.39. The number of amides is 1. The third kappa shape index (κ3) is 5.50. The summed E-state index contributed by atoms with van der Waals surface area (Å²) in [4.78, 5) is 14.4. The predicted octanol–water partition coefficient (Wildman–Crippen LogP) is 2.67. The molecule has 0 bridgehead atoms. The number of nitriles is 1. The Morgan fingerprint density at radius 3 is 2.84 bits per heavy atom. The third-order valence-corrected chi connectivity index (χ3v) is 4.22. The number of aliphatic hydroxyl groups excluding tert-OH is 1. The van der Waals surface area contributed by atoms with Gasteiger partial charge in [0.1, 0.15) is 17.4 Å². The number of ether oxygens (including phenoxy) is 1. The highest BCUT2D eigenvalue weighted by Crippen LogP contribution is 2.21. The van der Waals surface area contributed by atoms with Crippen LogP contribution in [0.4, 0.5) is 5.69 Å². The van der Waals surface area contributed by atoms with Gasteiger partial charge in [-0.1, -0.05) is 0 Å². The molecule has 0 saturated carbocycles. The molecule has 0 radical (unpaired) electrons. The second-order valence-electron chi connectivity index (χ2n) is 5.97. The maximum Gasteiger partial charge on any atom is 0.267 e. The number of aliphatic hydroxyl groups is 1. The van der Waals surface area contributed by atoms with Crippen LogP contribution in [0.3, 0.4) is 0 Å². The van der Waals surface area contributed by atoms with Gasteiger partial charge >= 0.3 is 0 Å². The lowest BCUT2D eigenvalue weighted by molar-refractivity contribution is -0.112. The van der Waals surface area contributed by atoms with Gasteiger partial charge in [-0.3, -0.25) is 4.79 Å². The Bertz CT molecular complexity index is 632. The van der Waals surface area contributed by atoms with E-state index in [0.29, 0.717) is 18.7 Å². The molecule has 1 aliphatic heterocycles. The van der Waals surface area contributed by atoms with Gasteiger partial charge in [-0.2, -0.15) is 5.26 Å². The van der Waals surface area contributed by atoms with Crippen LogP contribution in [0.1, 0.15) is 32.6 Å². The van der Waals surface area contributed by atoms with Crippen molar-refractivity contribution in [2.45, 2.75) is 38.6 Å². The number of hydrogen-bond acceptors (Lipinski definition) is 5. The Labute approximate surface area is 148 Å². The Morgan fingerprint density at radius 2 is 2.20 bits per heavy atom. The van der Waals surface area contributed by atoms with E-state index in [2.05, 4.69) is 5.32 Å². The molecule has 1 amide bonds. The van der Waals surface area contributed by atoms with Gasteiger partial charge < -0.3 is 20.1 Å². The zero-order valence-electron chi connectivity index (χ0n) is 14.6. The van der Waals surface area contributed by atoms with E-state index in [9.17, 15) is 15.2 Å². The van der Waals surface area contributed by atoms with Crippen LogP contribution in [0.15, 0.2) is 36.0 Å². The van der Waals surface area contributed by atoms with Crippen molar-refractivity contribution in [2.75, 3.05) is 25.1 Å². The minimum atomic E-state index is -0.431. The summed E-state index contributed by atoms with van der Waals surface area (Å²) < 4.78 is 5.37. The summed E-state index contributed by atoms with van der Waals surface area (Å²) in [7, 11) is 0. The summed E-state index contributed by atoms with van der Waals surface area (Å²) in [6.07, 6.45) is 5.38. The van der Waals surface area contributed by atoms with E-state index in [4.69, 9.17) is 4.74 Å². The van der Waals surface area contributed by atoms with Crippen LogP contribution in [-0.4, -0.2) is 41.7 Å². The van der Waals surface area contributed by atoms with Gasteiger partial charge in [0.15, 0.2) is 0 Å². The average Bonchev–Trinajstić information content (AvgIpc) is 2.63. The zero-order valence-corrected chi connectivity index (χ0v) is 14.6. The van der Waals surface area contributed by atoms with Crippen LogP contribution >= 0.6 is 0 Å². The van der Waals surface area contributed by atoms with Crippen molar-refractivity contribution in [3.8, 4) is 11.8 Å². The van der Waals surface area contributed by atoms with Crippen molar-refractivity contribution < 1.29 is 14.6 Å². The molecule has 1 unspecified atom stereocenters. The number of benzene rings is 1. The molecule has 1 aromatic carbocycles. The lowest BCUT2D eigenvalue weighted by Crippen LogP contribution is -2.37. The fraction of sp³-hybridized carbons (Fsp3) is 0.474. The topological polar surface area (TPSA) is 85.6 Å². The van der Waals surface area contributed by atoms with E-state index in [-0.39, 0.29) is 18.2 Å². The normalized spacial score (nSPS) is 17.7. The van der Waals surface area contributed by atoms with Crippen molar-refractivity contribution in [2.24, 2.45) is 0 Å². The van der Waals surface area contributed by atoms with Crippen molar-refractivity contribution in [3.05, 3.63) is 36.0 Å². The molecular formula is C19H25N3O3. The summed E-state index contributed by atoms with van der Waals surface area (Å²) in [5, 5.41) is 21.3. The summed E-state index contributed by atoms with van der Waals surface area (Å²) >= 11 is 0. The molecule has 1 saturated heterocycles. The number of rotatable bonds is 7. The second kappa shape index (κ2) is 9.70. The first-order valence-electron chi connectivity index (χ1n) is 8.70. The molecule has 0 aliphatic carbocycles. The Morgan fingerprint density at radius 1 is 1.44 bits per heavy atom. The molecule has 6 nitrogen and oxygen atoms in total. The summed E-state index contributed by atoms with van der Waals surface area (Å²) in [5.74, 6) is 0.302. The fourth-order valence-electron chi connectivity index (χ4n) is 2.96. The highest BCUT2D eigenvalue weighted by atomic mass is 16.5. The minimum absolute atomic E-state index is 0.0683. The van der Waals surface area contributed by atoms with Gasteiger partial charge in [-0.05, 0) is 56.9 Å². The van der Waals surface area contributed by atoms with Crippen molar-refractivity contribution in [3.63, 3.8) is 0 Å². The molecule has 6 heteroatoms. The van der Waals surface area contributed by atoms with E-state index in [1.54, 1.807) is 30.5 Å². The molecular weight excluding hydrogens is 318 g/mol. The Balaban J connectivity index is 2.05. The van der Waals surface area contributed by atoms with Crippen LogP contribution in [0.5, 0.6) is 5.75 Å². The van der Waals surface area contributed by atoms with Crippen molar-refractivity contribution in [1.82, 2.24) is 4.90 Å².